The first-order valence-electron chi connectivity index (χ1n) is 4.97. The van der Waals surface area contributed by atoms with E-state index in [1.54, 1.807) is 12.1 Å². The highest BCUT2D eigenvalue weighted by Gasteiger charge is 2.16. The largest absolute Gasteiger partial charge is 0.240 e. The van der Waals surface area contributed by atoms with Crippen LogP contribution in [0.4, 0.5) is 4.39 Å². The molecule has 0 saturated carbocycles. The SMILES string of the molecule is Fc1ncccc1-c1ncnc2c1C=CC2. The van der Waals surface area contributed by atoms with Gasteiger partial charge in [-0.15, -0.1) is 0 Å². The van der Waals surface area contributed by atoms with Crippen molar-refractivity contribution in [1.29, 1.82) is 0 Å². The lowest BCUT2D eigenvalue weighted by Crippen LogP contribution is -1.97. The molecule has 0 unspecified atom stereocenters. The van der Waals surface area contributed by atoms with Gasteiger partial charge in [-0.25, -0.2) is 15.0 Å². The van der Waals surface area contributed by atoms with E-state index in [2.05, 4.69) is 15.0 Å². The Balaban J connectivity index is 2.25. The molecule has 0 fully saturated rings. The number of nitrogens with zero attached hydrogens (tertiary/aromatic N) is 3. The highest BCUT2D eigenvalue weighted by Crippen LogP contribution is 2.28. The third-order valence-electron chi connectivity index (χ3n) is 2.58. The van der Waals surface area contributed by atoms with Crippen LogP contribution in [0.3, 0.4) is 0 Å². The third kappa shape index (κ3) is 1.31. The number of halogens is 1. The molecule has 3 nitrogen and oxygen atoms in total. The number of pyridine rings is 1. The zero-order valence-corrected chi connectivity index (χ0v) is 8.39. The van der Waals surface area contributed by atoms with Gasteiger partial charge in [-0.05, 0) is 12.1 Å². The topological polar surface area (TPSA) is 38.7 Å². The minimum atomic E-state index is -0.497. The van der Waals surface area contributed by atoms with Crippen molar-refractivity contribution in [3.63, 3.8) is 0 Å². The second kappa shape index (κ2) is 3.48. The molecule has 4 heteroatoms. The van der Waals surface area contributed by atoms with Crippen LogP contribution in [0.1, 0.15) is 11.3 Å². The van der Waals surface area contributed by atoms with Gasteiger partial charge < -0.3 is 0 Å². The van der Waals surface area contributed by atoms with Crippen LogP contribution >= 0.6 is 0 Å². The van der Waals surface area contributed by atoms with Crippen LogP contribution in [-0.4, -0.2) is 15.0 Å². The summed E-state index contributed by atoms with van der Waals surface area (Å²) < 4.78 is 13.5. The molecule has 78 valence electrons. The smallest absolute Gasteiger partial charge is 0.222 e. The zero-order chi connectivity index (χ0) is 11.0. The Morgan fingerprint density at radius 3 is 3.00 bits per heavy atom. The number of hydrogen-bond donors (Lipinski definition) is 0. The molecular weight excluding hydrogens is 205 g/mol. The highest BCUT2D eigenvalue weighted by atomic mass is 19.1. The standard InChI is InChI=1S/C12H8FN3/c13-12-9(4-2-6-14-12)11-8-3-1-5-10(8)15-7-16-11/h1-4,6-7H,5H2. The molecule has 1 aliphatic carbocycles. The number of rotatable bonds is 1. The van der Waals surface area contributed by atoms with E-state index in [0.717, 1.165) is 17.7 Å². The summed E-state index contributed by atoms with van der Waals surface area (Å²) in [5, 5.41) is 0. The number of allylic oxidation sites excluding steroid dienone is 1. The minimum Gasteiger partial charge on any atom is -0.240 e. The molecule has 0 spiro atoms. The van der Waals surface area contributed by atoms with Gasteiger partial charge in [0.2, 0.25) is 5.95 Å². The molecule has 0 aliphatic heterocycles. The van der Waals surface area contributed by atoms with Crippen LogP contribution in [-0.2, 0) is 6.42 Å². The average Bonchev–Trinajstić information content (AvgIpc) is 2.77. The van der Waals surface area contributed by atoms with Gasteiger partial charge in [0.25, 0.3) is 0 Å². The Hall–Kier alpha value is -2.10. The Morgan fingerprint density at radius 2 is 2.12 bits per heavy atom. The maximum absolute atomic E-state index is 13.5. The van der Waals surface area contributed by atoms with Gasteiger partial charge in [0.1, 0.15) is 6.33 Å². The molecule has 0 radical (unpaired) electrons. The van der Waals surface area contributed by atoms with Gasteiger partial charge >= 0.3 is 0 Å². The van der Waals surface area contributed by atoms with Crippen LogP contribution in [0.2, 0.25) is 0 Å². The lowest BCUT2D eigenvalue weighted by molar-refractivity contribution is 0.587. The van der Waals surface area contributed by atoms with E-state index < -0.39 is 5.95 Å². The van der Waals surface area contributed by atoms with E-state index in [0.29, 0.717) is 11.3 Å². The van der Waals surface area contributed by atoms with Crippen molar-refractivity contribution in [2.75, 3.05) is 0 Å². The molecule has 3 rings (SSSR count). The Labute approximate surface area is 91.7 Å². The number of hydrogen-bond acceptors (Lipinski definition) is 3. The van der Waals surface area contributed by atoms with Crippen LogP contribution < -0.4 is 0 Å². The predicted octanol–water partition coefficient (Wildman–Crippen LogP) is 2.25. The van der Waals surface area contributed by atoms with Gasteiger partial charge in [0.15, 0.2) is 0 Å². The maximum Gasteiger partial charge on any atom is 0.222 e. The summed E-state index contributed by atoms with van der Waals surface area (Å²) in [4.78, 5) is 11.9. The van der Waals surface area contributed by atoms with Crippen molar-refractivity contribution >= 4 is 6.08 Å². The normalized spacial score (nSPS) is 12.8. The second-order valence-corrected chi connectivity index (χ2v) is 3.53. The molecule has 2 heterocycles. The molecule has 0 atom stereocenters. The lowest BCUT2D eigenvalue weighted by Gasteiger charge is -2.05. The molecule has 0 amide bonds. The lowest BCUT2D eigenvalue weighted by atomic mass is 10.1. The van der Waals surface area contributed by atoms with Crippen LogP contribution in [0, 0.1) is 5.95 Å². The van der Waals surface area contributed by atoms with E-state index in [9.17, 15) is 4.39 Å². The van der Waals surface area contributed by atoms with Gasteiger partial charge in [0.05, 0.1) is 17.0 Å². The maximum atomic E-state index is 13.5. The fourth-order valence-electron chi connectivity index (χ4n) is 1.84. The highest BCUT2D eigenvalue weighted by molar-refractivity contribution is 5.75. The monoisotopic (exact) mass is 213 g/mol. The van der Waals surface area contributed by atoms with E-state index in [4.69, 9.17) is 0 Å². The quantitative estimate of drug-likeness (QED) is 0.682. The van der Waals surface area contributed by atoms with E-state index in [-0.39, 0.29) is 0 Å². The molecule has 0 N–H and O–H groups in total. The van der Waals surface area contributed by atoms with E-state index in [1.807, 2.05) is 12.2 Å². The summed E-state index contributed by atoms with van der Waals surface area (Å²) >= 11 is 0. The third-order valence-corrected chi connectivity index (χ3v) is 2.58. The molecule has 0 bridgehead atoms. The first-order chi connectivity index (χ1) is 7.86. The van der Waals surface area contributed by atoms with Crippen molar-refractivity contribution in [2.24, 2.45) is 0 Å². The van der Waals surface area contributed by atoms with Crippen molar-refractivity contribution in [3.05, 3.63) is 47.9 Å². The van der Waals surface area contributed by atoms with Crippen molar-refractivity contribution in [1.82, 2.24) is 15.0 Å². The second-order valence-electron chi connectivity index (χ2n) is 3.53. The minimum absolute atomic E-state index is 0.424. The van der Waals surface area contributed by atoms with Crippen LogP contribution in [0.15, 0.2) is 30.7 Å². The van der Waals surface area contributed by atoms with Crippen molar-refractivity contribution in [3.8, 4) is 11.3 Å². The Bertz CT molecular complexity index is 578. The van der Waals surface area contributed by atoms with Gasteiger partial charge in [-0.3, -0.25) is 0 Å². The number of aromatic nitrogens is 3. The summed E-state index contributed by atoms with van der Waals surface area (Å²) in [5.41, 5.74) is 2.87. The number of fused-ring (bicyclic) bond motifs is 1. The summed E-state index contributed by atoms with van der Waals surface area (Å²) in [6.45, 7) is 0. The summed E-state index contributed by atoms with van der Waals surface area (Å²) in [6.07, 6.45) is 7.60. The van der Waals surface area contributed by atoms with Crippen LogP contribution in [0.25, 0.3) is 17.3 Å². The van der Waals surface area contributed by atoms with Crippen molar-refractivity contribution in [2.45, 2.75) is 6.42 Å². The zero-order valence-electron chi connectivity index (χ0n) is 8.39. The molecular formula is C12H8FN3. The fraction of sp³-hybridized carbons (Fsp3) is 0.0833. The van der Waals surface area contributed by atoms with Crippen molar-refractivity contribution < 1.29 is 4.39 Å². The van der Waals surface area contributed by atoms with Gasteiger partial charge in [0, 0.05) is 18.2 Å². The van der Waals surface area contributed by atoms with Gasteiger partial charge in [-0.1, -0.05) is 12.2 Å². The summed E-state index contributed by atoms with van der Waals surface area (Å²) in [5.74, 6) is -0.497. The van der Waals surface area contributed by atoms with Crippen LogP contribution in [0.5, 0.6) is 0 Å². The van der Waals surface area contributed by atoms with E-state index >= 15 is 0 Å². The van der Waals surface area contributed by atoms with E-state index in [1.165, 1.54) is 12.5 Å². The Kier molecular flexibility index (Phi) is 1.99. The average molecular weight is 213 g/mol. The summed E-state index contributed by atoms with van der Waals surface area (Å²) in [7, 11) is 0. The molecule has 1 aliphatic rings. The van der Waals surface area contributed by atoms with Gasteiger partial charge in [-0.2, -0.15) is 4.39 Å². The molecule has 0 aromatic carbocycles. The summed E-state index contributed by atoms with van der Waals surface area (Å²) in [6, 6.07) is 3.38. The molecule has 16 heavy (non-hydrogen) atoms. The molecule has 2 aromatic heterocycles. The predicted molar refractivity (Wildman–Crippen MR) is 58.0 cm³/mol. The first-order valence-corrected chi connectivity index (χ1v) is 4.97. The fourth-order valence-corrected chi connectivity index (χ4v) is 1.84. The molecule has 0 saturated heterocycles. The Morgan fingerprint density at radius 1 is 1.19 bits per heavy atom. The molecule has 2 aromatic rings. The first kappa shape index (κ1) is 9.15.